The Labute approximate surface area is 135 Å². The van der Waals surface area contributed by atoms with Crippen molar-refractivity contribution >= 4 is 11.9 Å². The van der Waals surface area contributed by atoms with Crippen LogP contribution >= 0.6 is 0 Å². The molecule has 0 aliphatic rings. The monoisotopic (exact) mass is 312 g/mol. The van der Waals surface area contributed by atoms with Gasteiger partial charge in [-0.2, -0.15) is 0 Å². The maximum Gasteiger partial charge on any atom is 0.334 e. The second-order valence-corrected chi connectivity index (χ2v) is 6.72. The Bertz CT molecular complexity index is 388. The van der Waals surface area contributed by atoms with Gasteiger partial charge in [0.1, 0.15) is 0 Å². The van der Waals surface area contributed by atoms with Crippen LogP contribution in [0.4, 0.5) is 0 Å². The predicted octanol–water partition coefficient (Wildman–Crippen LogP) is 4.43. The van der Waals surface area contributed by atoms with Gasteiger partial charge in [-0.05, 0) is 31.1 Å². The second kappa shape index (κ2) is 10.4. The Morgan fingerprint density at radius 2 is 1.23 bits per heavy atom. The molecule has 0 radical (unpaired) electrons. The summed E-state index contributed by atoms with van der Waals surface area (Å²) in [6.45, 7) is 12.8. The third-order valence-corrected chi connectivity index (χ3v) is 2.94. The minimum Gasteiger partial charge on any atom is -0.462 e. The standard InChI is InChI=1S/C18H32O4/c1-7-10-14(16(19)21-11-8-2)15(13-18(4,5)6)17(20)22-12-9-3/h7-13H2,1-6H3/b15-14-. The van der Waals surface area contributed by atoms with Crippen LogP contribution in [0.2, 0.25) is 0 Å². The summed E-state index contributed by atoms with van der Waals surface area (Å²) in [5.41, 5.74) is 0.848. The summed E-state index contributed by atoms with van der Waals surface area (Å²) in [5.74, 6) is -0.759. The zero-order chi connectivity index (χ0) is 17.2. The van der Waals surface area contributed by atoms with Gasteiger partial charge in [0.15, 0.2) is 0 Å². The second-order valence-electron chi connectivity index (χ2n) is 6.72. The van der Waals surface area contributed by atoms with Crippen LogP contribution < -0.4 is 0 Å². The van der Waals surface area contributed by atoms with Crippen molar-refractivity contribution in [3.8, 4) is 0 Å². The highest BCUT2D eigenvalue weighted by molar-refractivity contribution is 6.00. The van der Waals surface area contributed by atoms with E-state index in [0.29, 0.717) is 37.2 Å². The molecule has 0 saturated carbocycles. The van der Waals surface area contributed by atoms with Gasteiger partial charge in [0.2, 0.25) is 0 Å². The van der Waals surface area contributed by atoms with Gasteiger partial charge < -0.3 is 9.47 Å². The fraction of sp³-hybridized carbons (Fsp3) is 0.778. The van der Waals surface area contributed by atoms with E-state index < -0.39 is 0 Å². The first-order valence-corrected chi connectivity index (χ1v) is 8.33. The zero-order valence-electron chi connectivity index (χ0n) is 15.1. The van der Waals surface area contributed by atoms with Crippen molar-refractivity contribution < 1.29 is 19.1 Å². The molecule has 0 N–H and O–H groups in total. The zero-order valence-corrected chi connectivity index (χ0v) is 15.1. The highest BCUT2D eigenvalue weighted by Gasteiger charge is 2.26. The Hall–Kier alpha value is -1.32. The lowest BCUT2D eigenvalue weighted by molar-refractivity contribution is -0.142. The maximum absolute atomic E-state index is 12.4. The maximum atomic E-state index is 12.4. The van der Waals surface area contributed by atoms with E-state index in [-0.39, 0.29) is 17.4 Å². The van der Waals surface area contributed by atoms with Crippen molar-refractivity contribution in [3.05, 3.63) is 11.1 Å². The third-order valence-electron chi connectivity index (χ3n) is 2.94. The minimum absolute atomic E-state index is 0.107. The number of ether oxygens (including phenoxy) is 2. The molecule has 0 fully saturated rings. The van der Waals surface area contributed by atoms with Gasteiger partial charge in [-0.25, -0.2) is 9.59 Å². The molecule has 0 aromatic heterocycles. The summed E-state index contributed by atoms with van der Waals surface area (Å²) in [7, 11) is 0. The van der Waals surface area contributed by atoms with Crippen LogP contribution in [0.1, 0.15) is 73.6 Å². The number of hydrogen-bond donors (Lipinski definition) is 0. The van der Waals surface area contributed by atoms with Crippen molar-refractivity contribution in [1.82, 2.24) is 0 Å². The van der Waals surface area contributed by atoms with Crippen LogP contribution in [-0.4, -0.2) is 25.2 Å². The van der Waals surface area contributed by atoms with E-state index in [4.69, 9.17) is 9.47 Å². The molecule has 0 spiro atoms. The lowest BCUT2D eigenvalue weighted by Crippen LogP contribution is -2.21. The van der Waals surface area contributed by atoms with Crippen molar-refractivity contribution in [2.45, 2.75) is 73.6 Å². The van der Waals surface area contributed by atoms with Gasteiger partial charge in [0.25, 0.3) is 0 Å². The average Bonchev–Trinajstić information content (AvgIpc) is 2.44. The van der Waals surface area contributed by atoms with Crippen molar-refractivity contribution in [2.24, 2.45) is 5.41 Å². The van der Waals surface area contributed by atoms with Crippen molar-refractivity contribution in [1.29, 1.82) is 0 Å². The summed E-state index contributed by atoms with van der Waals surface area (Å²) in [6, 6.07) is 0. The van der Waals surface area contributed by atoms with E-state index >= 15 is 0 Å². The molecule has 0 bridgehead atoms. The molecule has 0 aromatic rings. The van der Waals surface area contributed by atoms with Crippen LogP contribution in [0.3, 0.4) is 0 Å². The van der Waals surface area contributed by atoms with E-state index in [1.165, 1.54) is 0 Å². The molecule has 128 valence electrons. The van der Waals surface area contributed by atoms with E-state index in [9.17, 15) is 9.59 Å². The lowest BCUT2D eigenvalue weighted by Gasteiger charge is -2.22. The van der Waals surface area contributed by atoms with Crippen LogP contribution in [0.25, 0.3) is 0 Å². The smallest absolute Gasteiger partial charge is 0.334 e. The molecular weight excluding hydrogens is 280 g/mol. The summed E-state index contributed by atoms with van der Waals surface area (Å²) >= 11 is 0. The predicted molar refractivity (Wildman–Crippen MR) is 88.5 cm³/mol. The quantitative estimate of drug-likeness (QED) is 0.467. The van der Waals surface area contributed by atoms with E-state index in [1.807, 2.05) is 41.5 Å². The third kappa shape index (κ3) is 8.20. The first-order chi connectivity index (χ1) is 10.3. The summed E-state index contributed by atoms with van der Waals surface area (Å²) in [6.07, 6.45) is 3.35. The topological polar surface area (TPSA) is 52.6 Å². The van der Waals surface area contributed by atoms with Crippen molar-refractivity contribution in [3.63, 3.8) is 0 Å². The number of esters is 2. The summed E-state index contributed by atoms with van der Waals surface area (Å²) in [4.78, 5) is 24.7. The SMILES string of the molecule is CCCOC(=O)/C(CCC)=C(/CC(C)(C)C)C(=O)OCCC. The Kier molecular flexibility index (Phi) is 9.79. The van der Waals surface area contributed by atoms with Crippen molar-refractivity contribution in [2.75, 3.05) is 13.2 Å². The number of carbonyl (C=O) groups is 2. The lowest BCUT2D eigenvalue weighted by atomic mass is 9.85. The van der Waals surface area contributed by atoms with Gasteiger partial charge in [-0.15, -0.1) is 0 Å². The first kappa shape index (κ1) is 20.7. The molecule has 0 aromatic carbocycles. The molecule has 0 unspecified atom stereocenters. The van der Waals surface area contributed by atoms with Gasteiger partial charge in [-0.3, -0.25) is 0 Å². The Balaban J connectivity index is 5.54. The molecule has 0 heterocycles. The highest BCUT2D eigenvalue weighted by Crippen LogP contribution is 2.29. The molecule has 0 saturated heterocycles. The normalized spacial score (nSPS) is 12.6. The van der Waals surface area contributed by atoms with Gasteiger partial charge >= 0.3 is 11.9 Å². The van der Waals surface area contributed by atoms with E-state index in [1.54, 1.807) is 0 Å². The number of carbonyl (C=O) groups excluding carboxylic acids is 2. The number of rotatable bonds is 9. The molecule has 0 atom stereocenters. The summed E-state index contributed by atoms with van der Waals surface area (Å²) < 4.78 is 10.5. The van der Waals surface area contributed by atoms with Crippen LogP contribution in [-0.2, 0) is 19.1 Å². The molecule has 0 amide bonds. The molecule has 4 nitrogen and oxygen atoms in total. The average molecular weight is 312 g/mol. The van der Waals surface area contributed by atoms with Crippen LogP contribution in [0.15, 0.2) is 11.1 Å². The van der Waals surface area contributed by atoms with E-state index in [0.717, 1.165) is 19.3 Å². The Morgan fingerprint density at radius 1 is 0.773 bits per heavy atom. The highest BCUT2D eigenvalue weighted by atomic mass is 16.5. The largest absolute Gasteiger partial charge is 0.462 e. The molecule has 0 aliphatic carbocycles. The Morgan fingerprint density at radius 3 is 1.59 bits per heavy atom. The minimum atomic E-state index is -0.381. The van der Waals surface area contributed by atoms with Gasteiger partial charge in [-0.1, -0.05) is 48.0 Å². The van der Waals surface area contributed by atoms with Crippen LogP contribution in [0, 0.1) is 5.41 Å². The molecule has 4 heteroatoms. The van der Waals surface area contributed by atoms with Gasteiger partial charge in [0, 0.05) is 11.1 Å². The van der Waals surface area contributed by atoms with E-state index in [2.05, 4.69) is 0 Å². The van der Waals surface area contributed by atoms with Gasteiger partial charge in [0.05, 0.1) is 13.2 Å². The first-order valence-electron chi connectivity index (χ1n) is 8.33. The fourth-order valence-electron chi connectivity index (χ4n) is 2.02. The number of hydrogen-bond acceptors (Lipinski definition) is 4. The summed E-state index contributed by atoms with van der Waals surface area (Å²) in [5, 5.41) is 0. The molecule has 22 heavy (non-hydrogen) atoms. The fourth-order valence-corrected chi connectivity index (χ4v) is 2.02. The molecule has 0 rings (SSSR count). The molecule has 0 aliphatic heterocycles. The molecular formula is C18H32O4. The van der Waals surface area contributed by atoms with Crippen LogP contribution in [0.5, 0.6) is 0 Å².